The van der Waals surface area contributed by atoms with Crippen LogP contribution in [0.1, 0.15) is 63.5 Å². The lowest BCUT2D eigenvalue weighted by molar-refractivity contribution is -0.105. The standard InChI is InChI=1S/C13H17NO2.C10H10FNO.C2H6/c1-10-4-3-7-14(10)8-11-5-2-6-12-13(11)16-9-15-12;11-8-3-4-10(12-6-13)9(5-8)7-1-2-7;1-2/h2,5-6,10H,3-4,7-9H2,1H3;3-7H,1-2H2,(H,12,13);1-2H3. The summed E-state index contributed by atoms with van der Waals surface area (Å²) in [6.45, 7) is 8.84. The summed E-state index contributed by atoms with van der Waals surface area (Å²) in [5.74, 6) is 2.04. The lowest BCUT2D eigenvalue weighted by Gasteiger charge is -2.21. The molecular weight excluding hydrogens is 395 g/mol. The first-order chi connectivity index (χ1) is 15.2. The van der Waals surface area contributed by atoms with E-state index < -0.39 is 0 Å². The zero-order valence-electron chi connectivity index (χ0n) is 18.7. The summed E-state index contributed by atoms with van der Waals surface area (Å²) in [6, 6.07) is 11.3. The van der Waals surface area contributed by atoms with Gasteiger partial charge in [-0.25, -0.2) is 4.39 Å². The molecule has 0 spiro atoms. The first-order valence-corrected chi connectivity index (χ1v) is 11.3. The molecule has 1 saturated carbocycles. The maximum atomic E-state index is 12.9. The number of nitrogens with one attached hydrogen (secondary N) is 1. The normalized spacial score (nSPS) is 19.0. The molecule has 0 radical (unpaired) electrons. The van der Waals surface area contributed by atoms with Crippen LogP contribution in [0.3, 0.4) is 0 Å². The number of hydrogen-bond donors (Lipinski definition) is 1. The van der Waals surface area contributed by atoms with Crippen LogP contribution in [0.4, 0.5) is 10.1 Å². The zero-order valence-corrected chi connectivity index (χ0v) is 18.7. The van der Waals surface area contributed by atoms with Crippen molar-refractivity contribution < 1.29 is 18.7 Å². The van der Waals surface area contributed by atoms with E-state index in [1.807, 2.05) is 26.0 Å². The van der Waals surface area contributed by atoms with Gasteiger partial charge >= 0.3 is 0 Å². The number of nitrogens with zero attached hydrogens (tertiary/aromatic N) is 1. The molecule has 1 unspecified atom stereocenters. The van der Waals surface area contributed by atoms with Crippen LogP contribution in [0.5, 0.6) is 11.5 Å². The molecule has 0 aromatic heterocycles. The largest absolute Gasteiger partial charge is 0.454 e. The van der Waals surface area contributed by atoms with Crippen LogP contribution in [0.2, 0.25) is 0 Å². The summed E-state index contributed by atoms with van der Waals surface area (Å²) >= 11 is 0. The molecule has 2 fully saturated rings. The molecule has 2 aromatic carbocycles. The first kappa shape index (κ1) is 23.1. The Kier molecular flexibility index (Phi) is 8.29. The Bertz CT molecular complexity index is 870. The summed E-state index contributed by atoms with van der Waals surface area (Å²) in [7, 11) is 0. The second-order valence-corrected chi connectivity index (χ2v) is 7.88. The van der Waals surface area contributed by atoms with Crippen LogP contribution < -0.4 is 14.8 Å². The highest BCUT2D eigenvalue weighted by Gasteiger charge is 2.26. The number of carbonyl (C=O) groups is 1. The van der Waals surface area contributed by atoms with Gasteiger partial charge in [-0.1, -0.05) is 26.0 Å². The highest BCUT2D eigenvalue weighted by Crippen LogP contribution is 2.43. The van der Waals surface area contributed by atoms with Crippen LogP contribution in [-0.4, -0.2) is 30.7 Å². The number of likely N-dealkylation sites (tertiary alicyclic amines) is 1. The van der Waals surface area contributed by atoms with Gasteiger partial charge in [-0.3, -0.25) is 9.69 Å². The van der Waals surface area contributed by atoms with E-state index in [1.165, 1.54) is 37.1 Å². The molecule has 6 heteroatoms. The van der Waals surface area contributed by atoms with Gasteiger partial charge in [0.2, 0.25) is 13.2 Å². The third kappa shape index (κ3) is 5.97. The second-order valence-electron chi connectivity index (χ2n) is 7.88. The quantitative estimate of drug-likeness (QED) is 0.621. The predicted octanol–water partition coefficient (Wildman–Crippen LogP) is 5.70. The third-order valence-electron chi connectivity index (χ3n) is 5.79. The van der Waals surface area contributed by atoms with Gasteiger partial charge in [0.15, 0.2) is 11.5 Å². The predicted molar refractivity (Wildman–Crippen MR) is 121 cm³/mol. The highest BCUT2D eigenvalue weighted by atomic mass is 19.1. The molecule has 0 bridgehead atoms. The summed E-state index contributed by atoms with van der Waals surface area (Å²) in [4.78, 5) is 12.8. The van der Waals surface area contributed by atoms with Gasteiger partial charge in [0.25, 0.3) is 0 Å². The van der Waals surface area contributed by atoms with Crippen LogP contribution in [0, 0.1) is 5.82 Å². The summed E-state index contributed by atoms with van der Waals surface area (Å²) in [5.41, 5.74) is 2.91. The molecule has 2 aromatic rings. The Morgan fingerprint density at radius 3 is 2.65 bits per heavy atom. The van der Waals surface area contributed by atoms with Crippen LogP contribution >= 0.6 is 0 Å². The number of benzene rings is 2. The molecule has 5 rings (SSSR count). The maximum absolute atomic E-state index is 12.9. The fraction of sp³-hybridized carbons (Fsp3) is 0.480. The van der Waals surface area contributed by atoms with Crippen LogP contribution in [-0.2, 0) is 11.3 Å². The lowest BCUT2D eigenvalue weighted by atomic mass is 10.1. The molecule has 2 aliphatic heterocycles. The van der Waals surface area contributed by atoms with Crippen molar-refractivity contribution in [2.45, 2.75) is 65.0 Å². The Hall–Kier alpha value is -2.60. The van der Waals surface area contributed by atoms with Crippen molar-refractivity contribution in [2.24, 2.45) is 0 Å². The highest BCUT2D eigenvalue weighted by molar-refractivity contribution is 5.74. The summed E-state index contributed by atoms with van der Waals surface area (Å²) in [6.07, 6.45) is 5.44. The minimum atomic E-state index is -0.238. The number of rotatable bonds is 5. The molecule has 5 nitrogen and oxygen atoms in total. The average Bonchev–Trinajstić information content (AvgIpc) is 3.38. The number of halogens is 1. The molecule has 1 aliphatic carbocycles. The van der Waals surface area contributed by atoms with E-state index in [-0.39, 0.29) is 5.82 Å². The minimum absolute atomic E-state index is 0.238. The number of carbonyl (C=O) groups excluding carboxylic acids is 1. The number of hydrogen-bond acceptors (Lipinski definition) is 4. The topological polar surface area (TPSA) is 50.8 Å². The number of anilines is 1. The van der Waals surface area contributed by atoms with E-state index >= 15 is 0 Å². The summed E-state index contributed by atoms with van der Waals surface area (Å²) in [5, 5.41) is 2.58. The molecule has 168 valence electrons. The fourth-order valence-electron chi connectivity index (χ4n) is 4.02. The van der Waals surface area contributed by atoms with E-state index in [9.17, 15) is 9.18 Å². The Morgan fingerprint density at radius 1 is 1.16 bits per heavy atom. The minimum Gasteiger partial charge on any atom is -0.454 e. The van der Waals surface area contributed by atoms with Crippen molar-refractivity contribution in [1.82, 2.24) is 4.90 Å². The zero-order chi connectivity index (χ0) is 22.2. The average molecular weight is 429 g/mol. The molecule has 1 atom stereocenters. The van der Waals surface area contributed by atoms with Crippen LogP contribution in [0.25, 0.3) is 0 Å². The molecule has 1 saturated heterocycles. The fourth-order valence-corrected chi connectivity index (χ4v) is 4.02. The second kappa shape index (κ2) is 11.1. The van der Waals surface area contributed by atoms with Gasteiger partial charge < -0.3 is 14.8 Å². The molecule has 3 aliphatic rings. The van der Waals surface area contributed by atoms with Crippen molar-refractivity contribution in [3.8, 4) is 11.5 Å². The van der Waals surface area contributed by atoms with Crippen molar-refractivity contribution in [3.05, 3.63) is 53.3 Å². The van der Waals surface area contributed by atoms with Gasteiger partial charge in [0.1, 0.15) is 5.82 Å². The number of ether oxygens (including phenoxy) is 2. The first-order valence-electron chi connectivity index (χ1n) is 11.3. The SMILES string of the molecule is CC.CC1CCCN1Cc1cccc2c1OCO2.O=CNc1ccc(F)cc1C1CC1. The number of amides is 1. The summed E-state index contributed by atoms with van der Waals surface area (Å²) < 4.78 is 23.8. The molecule has 1 amide bonds. The molecule has 31 heavy (non-hydrogen) atoms. The molecule has 2 heterocycles. The monoisotopic (exact) mass is 428 g/mol. The molecular formula is C25H33FN2O3. The number of para-hydroxylation sites is 1. The van der Waals surface area contributed by atoms with Gasteiger partial charge in [-0.15, -0.1) is 0 Å². The number of fused-ring (bicyclic) bond motifs is 1. The van der Waals surface area contributed by atoms with Crippen molar-refractivity contribution >= 4 is 12.1 Å². The van der Waals surface area contributed by atoms with E-state index in [1.54, 1.807) is 6.07 Å². The van der Waals surface area contributed by atoms with Crippen molar-refractivity contribution in [3.63, 3.8) is 0 Å². The van der Waals surface area contributed by atoms with E-state index in [0.717, 1.165) is 42.1 Å². The van der Waals surface area contributed by atoms with Crippen molar-refractivity contribution in [2.75, 3.05) is 18.7 Å². The lowest BCUT2D eigenvalue weighted by Crippen LogP contribution is -2.26. The van der Waals surface area contributed by atoms with Gasteiger partial charge in [-0.05, 0) is 74.9 Å². The van der Waals surface area contributed by atoms with E-state index in [0.29, 0.717) is 25.2 Å². The van der Waals surface area contributed by atoms with Gasteiger partial charge in [-0.2, -0.15) is 0 Å². The van der Waals surface area contributed by atoms with Gasteiger partial charge in [0, 0.05) is 23.8 Å². The van der Waals surface area contributed by atoms with E-state index in [4.69, 9.17) is 9.47 Å². The Labute approximate surface area is 184 Å². The van der Waals surface area contributed by atoms with Gasteiger partial charge in [0.05, 0.1) is 0 Å². The Morgan fingerprint density at radius 2 is 1.97 bits per heavy atom. The van der Waals surface area contributed by atoms with Crippen molar-refractivity contribution in [1.29, 1.82) is 0 Å². The maximum Gasteiger partial charge on any atom is 0.231 e. The third-order valence-corrected chi connectivity index (χ3v) is 5.79. The van der Waals surface area contributed by atoms with E-state index in [2.05, 4.69) is 23.2 Å². The van der Waals surface area contributed by atoms with Crippen LogP contribution in [0.15, 0.2) is 36.4 Å². The Balaban J connectivity index is 0.000000166. The smallest absolute Gasteiger partial charge is 0.231 e. The molecule has 1 N–H and O–H groups in total.